The highest BCUT2D eigenvalue weighted by Gasteiger charge is 2.00. The molecule has 1 atom stereocenters. The minimum Gasteiger partial charge on any atom is -0.310 e. The van der Waals surface area contributed by atoms with Gasteiger partial charge in [-0.2, -0.15) is 0 Å². The first-order chi connectivity index (χ1) is 5.34. The zero-order valence-corrected chi connectivity index (χ0v) is 7.04. The van der Waals surface area contributed by atoms with E-state index >= 15 is 0 Å². The van der Waals surface area contributed by atoms with Gasteiger partial charge in [0.1, 0.15) is 0 Å². The molecule has 11 heavy (non-hydrogen) atoms. The Bertz CT molecular complexity index is 196. The van der Waals surface area contributed by atoms with Crippen LogP contribution < -0.4 is 5.32 Å². The van der Waals surface area contributed by atoms with Gasteiger partial charge in [0, 0.05) is 18.4 Å². The fraction of sp³-hybridized carbons (Fsp3) is 0.444. The van der Waals surface area contributed by atoms with Gasteiger partial charge in [-0.05, 0) is 25.1 Å². The summed E-state index contributed by atoms with van der Waals surface area (Å²) < 4.78 is 0. The first kappa shape index (κ1) is 8.21. The van der Waals surface area contributed by atoms with Gasteiger partial charge in [-0.1, -0.05) is 13.0 Å². The lowest BCUT2D eigenvalue weighted by Crippen LogP contribution is -2.17. The number of nitrogens with zero attached hydrogens (tertiary/aromatic N) is 1. The van der Waals surface area contributed by atoms with Crippen molar-refractivity contribution in [3.8, 4) is 0 Å². The molecule has 0 radical (unpaired) electrons. The minimum absolute atomic E-state index is 0.411. The maximum atomic E-state index is 4.05. The molecule has 0 saturated carbocycles. The predicted octanol–water partition coefficient (Wildman–Crippen LogP) is 1.75. The Morgan fingerprint density at radius 2 is 2.45 bits per heavy atom. The van der Waals surface area contributed by atoms with Crippen LogP contribution in [0.25, 0.3) is 0 Å². The maximum Gasteiger partial charge on any atom is 0.0315 e. The Hall–Kier alpha value is -0.890. The summed E-state index contributed by atoms with van der Waals surface area (Å²) in [6.45, 7) is 5.24. The summed E-state index contributed by atoms with van der Waals surface area (Å²) in [6.07, 6.45) is 3.69. The topological polar surface area (TPSA) is 24.9 Å². The van der Waals surface area contributed by atoms with Crippen LogP contribution in [-0.2, 0) is 0 Å². The van der Waals surface area contributed by atoms with E-state index in [1.165, 1.54) is 5.56 Å². The molecule has 0 unspecified atom stereocenters. The van der Waals surface area contributed by atoms with E-state index in [4.69, 9.17) is 0 Å². The SMILES string of the molecule is CCN[C@@H](C)c1cccnc1. The van der Waals surface area contributed by atoms with Crippen LogP contribution >= 0.6 is 0 Å². The molecule has 60 valence electrons. The molecule has 0 amide bonds. The molecule has 0 bridgehead atoms. The average molecular weight is 150 g/mol. The summed E-state index contributed by atoms with van der Waals surface area (Å²) in [6, 6.07) is 4.46. The van der Waals surface area contributed by atoms with E-state index in [1.54, 1.807) is 6.20 Å². The smallest absolute Gasteiger partial charge is 0.0315 e. The van der Waals surface area contributed by atoms with Gasteiger partial charge in [0.2, 0.25) is 0 Å². The molecule has 0 fully saturated rings. The van der Waals surface area contributed by atoms with Crippen molar-refractivity contribution in [1.82, 2.24) is 10.3 Å². The van der Waals surface area contributed by atoms with E-state index in [-0.39, 0.29) is 0 Å². The molecule has 1 heterocycles. The van der Waals surface area contributed by atoms with Crippen molar-refractivity contribution < 1.29 is 0 Å². The zero-order chi connectivity index (χ0) is 8.10. The zero-order valence-electron chi connectivity index (χ0n) is 7.04. The fourth-order valence-electron chi connectivity index (χ4n) is 1.06. The summed E-state index contributed by atoms with van der Waals surface area (Å²) in [5.41, 5.74) is 1.24. The fourth-order valence-corrected chi connectivity index (χ4v) is 1.06. The van der Waals surface area contributed by atoms with Crippen molar-refractivity contribution in [3.63, 3.8) is 0 Å². The third-order valence-electron chi connectivity index (χ3n) is 1.69. The molecule has 0 saturated heterocycles. The van der Waals surface area contributed by atoms with Crippen LogP contribution in [0.15, 0.2) is 24.5 Å². The van der Waals surface area contributed by atoms with E-state index in [2.05, 4.69) is 30.2 Å². The molecule has 1 N–H and O–H groups in total. The Kier molecular flexibility index (Phi) is 3.05. The average Bonchev–Trinajstić information content (AvgIpc) is 2.07. The van der Waals surface area contributed by atoms with Gasteiger partial charge in [0.25, 0.3) is 0 Å². The second-order valence-electron chi connectivity index (χ2n) is 2.57. The molecule has 0 aromatic carbocycles. The largest absolute Gasteiger partial charge is 0.310 e. The molecule has 1 rings (SSSR count). The van der Waals surface area contributed by atoms with Crippen molar-refractivity contribution >= 4 is 0 Å². The highest BCUT2D eigenvalue weighted by Crippen LogP contribution is 2.08. The van der Waals surface area contributed by atoms with Crippen LogP contribution in [0, 0.1) is 0 Å². The third-order valence-corrected chi connectivity index (χ3v) is 1.69. The van der Waals surface area contributed by atoms with Crippen LogP contribution in [0.3, 0.4) is 0 Å². The molecule has 2 nitrogen and oxygen atoms in total. The Morgan fingerprint density at radius 1 is 1.64 bits per heavy atom. The van der Waals surface area contributed by atoms with Gasteiger partial charge in [0.05, 0.1) is 0 Å². The second kappa shape index (κ2) is 4.09. The number of aromatic nitrogens is 1. The van der Waals surface area contributed by atoms with Crippen LogP contribution in [-0.4, -0.2) is 11.5 Å². The first-order valence-corrected chi connectivity index (χ1v) is 3.98. The Labute approximate surface area is 67.7 Å². The number of rotatable bonds is 3. The summed E-state index contributed by atoms with van der Waals surface area (Å²) in [7, 11) is 0. The van der Waals surface area contributed by atoms with Crippen molar-refractivity contribution in [2.75, 3.05) is 6.54 Å². The molecular weight excluding hydrogens is 136 g/mol. The van der Waals surface area contributed by atoms with E-state index in [9.17, 15) is 0 Å². The highest BCUT2D eigenvalue weighted by molar-refractivity contribution is 5.12. The Morgan fingerprint density at radius 3 is 3.00 bits per heavy atom. The van der Waals surface area contributed by atoms with Gasteiger partial charge < -0.3 is 5.32 Å². The molecule has 0 spiro atoms. The number of pyridine rings is 1. The second-order valence-corrected chi connectivity index (χ2v) is 2.57. The quantitative estimate of drug-likeness (QED) is 0.710. The molecule has 0 aliphatic rings. The summed E-state index contributed by atoms with van der Waals surface area (Å²) >= 11 is 0. The predicted molar refractivity (Wildman–Crippen MR) is 46.3 cm³/mol. The summed E-state index contributed by atoms with van der Waals surface area (Å²) in [4.78, 5) is 4.05. The number of hydrogen-bond donors (Lipinski definition) is 1. The molecule has 1 aromatic rings. The van der Waals surface area contributed by atoms with Crippen molar-refractivity contribution in [2.45, 2.75) is 19.9 Å². The number of hydrogen-bond acceptors (Lipinski definition) is 2. The van der Waals surface area contributed by atoms with Gasteiger partial charge in [-0.3, -0.25) is 4.98 Å². The van der Waals surface area contributed by atoms with Gasteiger partial charge in [0.15, 0.2) is 0 Å². The van der Waals surface area contributed by atoms with E-state index < -0.39 is 0 Å². The Balaban J connectivity index is 2.61. The number of nitrogens with one attached hydrogen (secondary N) is 1. The van der Waals surface area contributed by atoms with Gasteiger partial charge >= 0.3 is 0 Å². The monoisotopic (exact) mass is 150 g/mol. The highest BCUT2D eigenvalue weighted by atomic mass is 14.9. The van der Waals surface area contributed by atoms with E-state index in [0.717, 1.165) is 6.54 Å². The minimum atomic E-state index is 0.411. The standard InChI is InChI=1S/C9H14N2/c1-3-11-8(2)9-5-4-6-10-7-9/h4-8,11H,3H2,1-2H3/t8-/m0/s1. The molecular formula is C9H14N2. The van der Waals surface area contributed by atoms with Crippen molar-refractivity contribution in [2.24, 2.45) is 0 Å². The maximum absolute atomic E-state index is 4.05. The van der Waals surface area contributed by atoms with Crippen molar-refractivity contribution in [3.05, 3.63) is 30.1 Å². The van der Waals surface area contributed by atoms with Crippen LogP contribution in [0.5, 0.6) is 0 Å². The molecule has 0 aliphatic carbocycles. The lowest BCUT2D eigenvalue weighted by Gasteiger charge is -2.10. The summed E-state index contributed by atoms with van der Waals surface area (Å²) in [5.74, 6) is 0. The van der Waals surface area contributed by atoms with Gasteiger partial charge in [-0.25, -0.2) is 0 Å². The van der Waals surface area contributed by atoms with Gasteiger partial charge in [-0.15, -0.1) is 0 Å². The third kappa shape index (κ3) is 2.31. The lowest BCUT2D eigenvalue weighted by molar-refractivity contribution is 0.596. The van der Waals surface area contributed by atoms with Crippen LogP contribution in [0.2, 0.25) is 0 Å². The van der Waals surface area contributed by atoms with Crippen LogP contribution in [0.4, 0.5) is 0 Å². The normalized spacial score (nSPS) is 12.9. The first-order valence-electron chi connectivity index (χ1n) is 3.98. The molecule has 2 heteroatoms. The summed E-state index contributed by atoms with van der Waals surface area (Å²) in [5, 5.41) is 3.32. The van der Waals surface area contributed by atoms with E-state index in [0.29, 0.717) is 6.04 Å². The lowest BCUT2D eigenvalue weighted by atomic mass is 10.1. The van der Waals surface area contributed by atoms with Crippen molar-refractivity contribution in [1.29, 1.82) is 0 Å². The van der Waals surface area contributed by atoms with Crippen LogP contribution in [0.1, 0.15) is 25.5 Å². The molecule has 0 aliphatic heterocycles. The van der Waals surface area contributed by atoms with E-state index in [1.807, 2.05) is 12.3 Å². The molecule has 1 aromatic heterocycles.